The third-order valence-corrected chi connectivity index (χ3v) is 3.68. The first-order chi connectivity index (χ1) is 8.25. The highest BCUT2D eigenvalue weighted by Gasteiger charge is 2.31. The molecule has 5 nitrogen and oxygen atoms in total. The molecule has 0 radical (unpaired) electrons. The molecule has 0 bridgehead atoms. The second-order valence-electron chi connectivity index (χ2n) is 3.45. The standard InChI is InChI=1S/C9H8F3N3O2S/c1-13-18(16,17)15-5-14-7-3-2-6(4-8(7)15)9(10,11)12/h2-5,13H,1H3. The van der Waals surface area contributed by atoms with Gasteiger partial charge in [0, 0.05) is 7.05 Å². The number of aromatic nitrogens is 2. The molecule has 0 aliphatic carbocycles. The molecule has 1 N–H and O–H groups in total. The zero-order valence-electron chi connectivity index (χ0n) is 9.06. The van der Waals surface area contributed by atoms with Crippen LogP contribution in [0.5, 0.6) is 0 Å². The van der Waals surface area contributed by atoms with Crippen LogP contribution in [0.3, 0.4) is 0 Å². The Morgan fingerprint density at radius 1 is 1.33 bits per heavy atom. The lowest BCUT2D eigenvalue weighted by atomic mass is 10.2. The molecule has 0 spiro atoms. The Balaban J connectivity index is 2.72. The van der Waals surface area contributed by atoms with Crippen molar-refractivity contribution in [3.63, 3.8) is 0 Å². The maximum Gasteiger partial charge on any atom is 0.416 e. The van der Waals surface area contributed by atoms with Crippen LogP contribution < -0.4 is 4.72 Å². The van der Waals surface area contributed by atoms with Crippen LogP contribution in [0.1, 0.15) is 5.56 Å². The van der Waals surface area contributed by atoms with Crippen molar-refractivity contribution in [3.05, 3.63) is 30.1 Å². The summed E-state index contributed by atoms with van der Waals surface area (Å²) in [4.78, 5) is 3.73. The number of imidazole rings is 1. The first-order valence-electron chi connectivity index (χ1n) is 4.74. The van der Waals surface area contributed by atoms with Crippen molar-refractivity contribution in [1.82, 2.24) is 13.7 Å². The maximum atomic E-state index is 12.5. The van der Waals surface area contributed by atoms with E-state index in [-0.39, 0.29) is 11.0 Å². The highest BCUT2D eigenvalue weighted by atomic mass is 32.2. The van der Waals surface area contributed by atoms with Crippen LogP contribution in [0.2, 0.25) is 0 Å². The minimum Gasteiger partial charge on any atom is -0.236 e. The van der Waals surface area contributed by atoms with E-state index < -0.39 is 21.9 Å². The third-order valence-electron chi connectivity index (χ3n) is 2.36. The summed E-state index contributed by atoms with van der Waals surface area (Å²) in [5.41, 5.74) is -0.885. The van der Waals surface area contributed by atoms with Gasteiger partial charge in [0.2, 0.25) is 0 Å². The van der Waals surface area contributed by atoms with E-state index in [1.165, 1.54) is 0 Å². The maximum absolute atomic E-state index is 12.5. The van der Waals surface area contributed by atoms with Gasteiger partial charge in [-0.3, -0.25) is 0 Å². The molecule has 0 amide bonds. The van der Waals surface area contributed by atoms with Crippen LogP contribution in [0.15, 0.2) is 24.5 Å². The van der Waals surface area contributed by atoms with E-state index in [9.17, 15) is 21.6 Å². The Morgan fingerprint density at radius 3 is 2.56 bits per heavy atom. The van der Waals surface area contributed by atoms with Crippen LogP contribution in [0, 0.1) is 0 Å². The molecule has 2 aromatic rings. The number of hydrogen-bond donors (Lipinski definition) is 1. The number of nitrogens with zero attached hydrogens (tertiary/aromatic N) is 2. The zero-order chi connectivity index (χ0) is 13.6. The fraction of sp³-hybridized carbons (Fsp3) is 0.222. The molecule has 1 aromatic heterocycles. The number of halogens is 3. The minimum absolute atomic E-state index is 0.126. The Bertz CT molecular complexity index is 691. The summed E-state index contributed by atoms with van der Waals surface area (Å²) in [7, 11) is -2.75. The van der Waals surface area contributed by atoms with Gasteiger partial charge in [0.25, 0.3) is 0 Å². The summed E-state index contributed by atoms with van der Waals surface area (Å²) >= 11 is 0. The molecule has 0 fully saturated rings. The average Bonchev–Trinajstić information content (AvgIpc) is 2.71. The molecule has 98 valence electrons. The largest absolute Gasteiger partial charge is 0.416 e. The molecule has 0 aliphatic heterocycles. The van der Waals surface area contributed by atoms with E-state index >= 15 is 0 Å². The van der Waals surface area contributed by atoms with E-state index in [1.54, 1.807) is 0 Å². The molecule has 1 aromatic carbocycles. The van der Waals surface area contributed by atoms with Crippen LogP contribution in [0.25, 0.3) is 11.0 Å². The molecule has 1 heterocycles. The van der Waals surface area contributed by atoms with Gasteiger partial charge in [-0.05, 0) is 18.2 Å². The second kappa shape index (κ2) is 3.95. The first-order valence-corrected chi connectivity index (χ1v) is 6.18. The Hall–Kier alpha value is -1.61. The number of alkyl halides is 3. The van der Waals surface area contributed by atoms with Gasteiger partial charge in [-0.1, -0.05) is 0 Å². The van der Waals surface area contributed by atoms with Gasteiger partial charge in [-0.2, -0.15) is 21.6 Å². The number of hydrogen-bond acceptors (Lipinski definition) is 3. The Kier molecular flexibility index (Phi) is 2.82. The Morgan fingerprint density at radius 2 is 2.00 bits per heavy atom. The molecule has 18 heavy (non-hydrogen) atoms. The van der Waals surface area contributed by atoms with Crippen LogP contribution in [0.4, 0.5) is 13.2 Å². The van der Waals surface area contributed by atoms with Gasteiger partial charge >= 0.3 is 16.4 Å². The van der Waals surface area contributed by atoms with Gasteiger partial charge in [-0.25, -0.2) is 13.7 Å². The highest BCUT2D eigenvalue weighted by Crippen LogP contribution is 2.31. The van der Waals surface area contributed by atoms with Gasteiger partial charge in [0.1, 0.15) is 6.33 Å². The lowest BCUT2D eigenvalue weighted by Crippen LogP contribution is -2.25. The molecule has 0 saturated heterocycles. The smallest absolute Gasteiger partial charge is 0.236 e. The summed E-state index contributed by atoms with van der Waals surface area (Å²) in [6.07, 6.45) is -3.58. The zero-order valence-corrected chi connectivity index (χ0v) is 9.88. The monoisotopic (exact) mass is 279 g/mol. The average molecular weight is 279 g/mol. The fourth-order valence-corrected chi connectivity index (χ4v) is 2.23. The molecule has 2 rings (SSSR count). The number of benzene rings is 1. The van der Waals surface area contributed by atoms with E-state index in [4.69, 9.17) is 0 Å². The van der Waals surface area contributed by atoms with Crippen molar-refractivity contribution in [3.8, 4) is 0 Å². The third kappa shape index (κ3) is 2.06. The molecule has 0 atom stereocenters. The van der Waals surface area contributed by atoms with Crippen LogP contribution in [-0.4, -0.2) is 24.4 Å². The summed E-state index contributed by atoms with van der Waals surface area (Å²) < 4.78 is 63.4. The fourth-order valence-electron chi connectivity index (χ4n) is 1.45. The lowest BCUT2D eigenvalue weighted by molar-refractivity contribution is -0.137. The molecule has 0 aliphatic rings. The second-order valence-corrected chi connectivity index (χ2v) is 5.20. The Labute approximate surface area is 100 Å². The SMILES string of the molecule is CNS(=O)(=O)n1cnc2ccc(C(F)(F)F)cc21. The number of rotatable bonds is 2. The first kappa shape index (κ1) is 12.8. The summed E-state index contributed by atoms with van der Waals surface area (Å²) in [6.45, 7) is 0. The van der Waals surface area contributed by atoms with Crippen molar-refractivity contribution >= 4 is 21.2 Å². The number of fused-ring (bicyclic) bond motifs is 1. The lowest BCUT2D eigenvalue weighted by Gasteiger charge is -2.08. The van der Waals surface area contributed by atoms with Crippen LogP contribution >= 0.6 is 0 Å². The predicted molar refractivity (Wildman–Crippen MR) is 58.1 cm³/mol. The van der Waals surface area contributed by atoms with Gasteiger partial charge in [-0.15, -0.1) is 0 Å². The summed E-state index contributed by atoms with van der Waals surface area (Å²) in [6, 6.07) is 2.72. The molecule has 0 unspecified atom stereocenters. The normalized spacial score (nSPS) is 13.1. The minimum atomic E-state index is -4.54. The quantitative estimate of drug-likeness (QED) is 0.903. The van der Waals surface area contributed by atoms with E-state index in [1.807, 2.05) is 4.72 Å². The summed E-state index contributed by atoms with van der Waals surface area (Å²) in [5.74, 6) is 0. The molecule has 0 saturated carbocycles. The van der Waals surface area contributed by atoms with E-state index in [0.717, 1.165) is 31.6 Å². The molecular weight excluding hydrogens is 271 g/mol. The predicted octanol–water partition coefficient (Wildman–Crippen LogP) is 1.37. The van der Waals surface area contributed by atoms with Crippen molar-refractivity contribution in [2.24, 2.45) is 0 Å². The van der Waals surface area contributed by atoms with Crippen LogP contribution in [-0.2, 0) is 16.4 Å². The van der Waals surface area contributed by atoms with Crippen molar-refractivity contribution in [1.29, 1.82) is 0 Å². The van der Waals surface area contributed by atoms with Gasteiger partial charge < -0.3 is 0 Å². The summed E-state index contributed by atoms with van der Waals surface area (Å²) in [5, 5.41) is 0. The van der Waals surface area contributed by atoms with Gasteiger partial charge in [0.15, 0.2) is 0 Å². The topological polar surface area (TPSA) is 64.0 Å². The van der Waals surface area contributed by atoms with Crippen molar-refractivity contribution in [2.45, 2.75) is 6.18 Å². The molecular formula is C9H8F3N3O2S. The number of nitrogens with one attached hydrogen (secondary N) is 1. The van der Waals surface area contributed by atoms with Crippen molar-refractivity contribution in [2.75, 3.05) is 7.05 Å². The van der Waals surface area contributed by atoms with Gasteiger partial charge in [0.05, 0.1) is 16.6 Å². The van der Waals surface area contributed by atoms with Crippen molar-refractivity contribution < 1.29 is 21.6 Å². The highest BCUT2D eigenvalue weighted by molar-refractivity contribution is 7.88. The van der Waals surface area contributed by atoms with E-state index in [0.29, 0.717) is 3.97 Å². The van der Waals surface area contributed by atoms with E-state index in [2.05, 4.69) is 4.98 Å². The molecule has 9 heteroatoms.